The number of aromatic amines is 1. The van der Waals surface area contributed by atoms with E-state index in [-0.39, 0.29) is 0 Å². The third-order valence-electron chi connectivity index (χ3n) is 6.85. The third kappa shape index (κ3) is 3.45. The molecule has 1 aromatic carbocycles. The Morgan fingerprint density at radius 1 is 1.12 bits per heavy atom. The van der Waals surface area contributed by atoms with Crippen molar-refractivity contribution in [2.45, 2.75) is 50.6 Å². The SMILES string of the molecule is c1ccc([C@@H]2CN(C3CC3)CC3(CCN(Cc4ncc[nH]4)CC3)C2)cc1. The summed E-state index contributed by atoms with van der Waals surface area (Å²) in [5.74, 6) is 1.81. The maximum Gasteiger partial charge on any atom is 0.120 e. The molecule has 1 aliphatic carbocycles. The van der Waals surface area contributed by atoms with Gasteiger partial charge < -0.3 is 4.98 Å². The van der Waals surface area contributed by atoms with E-state index in [0.29, 0.717) is 11.3 Å². The molecule has 0 unspecified atom stereocenters. The van der Waals surface area contributed by atoms with Gasteiger partial charge in [-0.1, -0.05) is 30.3 Å². The molecular formula is C22H30N4. The highest BCUT2D eigenvalue weighted by Gasteiger charge is 2.45. The number of piperidine rings is 2. The van der Waals surface area contributed by atoms with Crippen LogP contribution in [0.5, 0.6) is 0 Å². The molecule has 4 heteroatoms. The van der Waals surface area contributed by atoms with Gasteiger partial charge in [0.15, 0.2) is 0 Å². The molecule has 26 heavy (non-hydrogen) atoms. The molecule has 4 nitrogen and oxygen atoms in total. The molecule has 5 rings (SSSR count). The summed E-state index contributed by atoms with van der Waals surface area (Å²) in [6.45, 7) is 5.99. The van der Waals surface area contributed by atoms with E-state index in [9.17, 15) is 0 Å². The van der Waals surface area contributed by atoms with Gasteiger partial charge in [-0.2, -0.15) is 0 Å². The van der Waals surface area contributed by atoms with Crippen LogP contribution in [-0.2, 0) is 6.54 Å². The Hall–Kier alpha value is -1.65. The average molecular weight is 351 g/mol. The number of nitrogens with one attached hydrogen (secondary N) is 1. The molecule has 2 aromatic rings. The first-order valence-corrected chi connectivity index (χ1v) is 10.3. The second-order valence-electron chi connectivity index (χ2n) is 8.78. The minimum absolute atomic E-state index is 0.515. The van der Waals surface area contributed by atoms with Gasteiger partial charge in [0.05, 0.1) is 6.54 Å². The summed E-state index contributed by atoms with van der Waals surface area (Å²) >= 11 is 0. The van der Waals surface area contributed by atoms with Gasteiger partial charge in [0, 0.05) is 31.5 Å². The van der Waals surface area contributed by atoms with E-state index >= 15 is 0 Å². The van der Waals surface area contributed by atoms with Crippen LogP contribution in [0.3, 0.4) is 0 Å². The summed E-state index contributed by atoms with van der Waals surface area (Å²) in [6, 6.07) is 12.1. The number of benzene rings is 1. The lowest BCUT2D eigenvalue weighted by Crippen LogP contribution is -2.52. The lowest BCUT2D eigenvalue weighted by Gasteiger charge is -2.50. The molecule has 3 heterocycles. The molecule has 1 atom stereocenters. The van der Waals surface area contributed by atoms with Crippen LogP contribution in [0.2, 0.25) is 0 Å². The van der Waals surface area contributed by atoms with Crippen molar-refractivity contribution < 1.29 is 0 Å². The minimum atomic E-state index is 0.515. The first-order valence-electron chi connectivity index (χ1n) is 10.3. The van der Waals surface area contributed by atoms with Crippen LogP contribution in [0.4, 0.5) is 0 Å². The Kier molecular flexibility index (Phi) is 4.33. The molecule has 0 radical (unpaired) electrons. The topological polar surface area (TPSA) is 35.2 Å². The number of H-pyrrole nitrogens is 1. The maximum absolute atomic E-state index is 4.40. The highest BCUT2D eigenvalue weighted by Crippen LogP contribution is 2.47. The van der Waals surface area contributed by atoms with Crippen LogP contribution in [0.15, 0.2) is 42.7 Å². The summed E-state index contributed by atoms with van der Waals surface area (Å²) in [4.78, 5) is 13.1. The van der Waals surface area contributed by atoms with Gasteiger partial charge in [-0.25, -0.2) is 4.98 Å². The zero-order valence-corrected chi connectivity index (χ0v) is 15.6. The van der Waals surface area contributed by atoms with Crippen LogP contribution < -0.4 is 0 Å². The number of likely N-dealkylation sites (tertiary alicyclic amines) is 2. The van der Waals surface area contributed by atoms with Crippen LogP contribution in [0.1, 0.15) is 49.4 Å². The van der Waals surface area contributed by atoms with Crippen molar-refractivity contribution in [3.05, 3.63) is 54.1 Å². The van der Waals surface area contributed by atoms with E-state index in [4.69, 9.17) is 0 Å². The number of hydrogen-bond donors (Lipinski definition) is 1. The zero-order chi connectivity index (χ0) is 17.4. The van der Waals surface area contributed by atoms with Gasteiger partial charge in [-0.05, 0) is 62.1 Å². The second kappa shape index (κ2) is 6.82. The first kappa shape index (κ1) is 16.5. The molecule has 1 spiro atoms. The van der Waals surface area contributed by atoms with Crippen LogP contribution in [-0.4, -0.2) is 52.0 Å². The summed E-state index contributed by atoms with van der Waals surface area (Å²) in [5.41, 5.74) is 2.07. The number of aromatic nitrogens is 2. The Balaban J connectivity index is 1.29. The summed E-state index contributed by atoms with van der Waals surface area (Å²) in [5, 5.41) is 0. The minimum Gasteiger partial charge on any atom is -0.348 e. The zero-order valence-electron chi connectivity index (χ0n) is 15.6. The molecule has 3 aliphatic rings. The Bertz CT molecular complexity index is 699. The molecule has 2 saturated heterocycles. The molecule has 138 valence electrons. The van der Waals surface area contributed by atoms with Gasteiger partial charge >= 0.3 is 0 Å². The van der Waals surface area contributed by atoms with Crippen LogP contribution in [0, 0.1) is 5.41 Å². The third-order valence-corrected chi connectivity index (χ3v) is 6.85. The molecule has 0 bridgehead atoms. The maximum atomic E-state index is 4.40. The summed E-state index contributed by atoms with van der Waals surface area (Å²) < 4.78 is 0. The van der Waals surface area contributed by atoms with Gasteiger partial charge in [0.1, 0.15) is 5.82 Å². The molecule has 0 amide bonds. The van der Waals surface area contributed by atoms with Crippen LogP contribution >= 0.6 is 0 Å². The van der Waals surface area contributed by atoms with Gasteiger partial charge in [-0.15, -0.1) is 0 Å². The molecule has 3 fully saturated rings. The van der Waals surface area contributed by atoms with Gasteiger partial charge in [0.25, 0.3) is 0 Å². The molecule has 1 aromatic heterocycles. The predicted octanol–water partition coefficient (Wildman–Crippen LogP) is 3.64. The normalized spacial score (nSPS) is 27.0. The Labute approximate surface area is 156 Å². The smallest absolute Gasteiger partial charge is 0.120 e. The van der Waals surface area contributed by atoms with Crippen molar-refractivity contribution in [1.29, 1.82) is 0 Å². The lowest BCUT2D eigenvalue weighted by atomic mass is 9.68. The van der Waals surface area contributed by atoms with E-state index in [1.54, 1.807) is 5.56 Å². The number of nitrogens with zero attached hydrogens (tertiary/aromatic N) is 3. The van der Waals surface area contributed by atoms with Crippen molar-refractivity contribution >= 4 is 0 Å². The molecule has 1 N–H and O–H groups in total. The van der Waals surface area contributed by atoms with Gasteiger partial charge in [0.2, 0.25) is 0 Å². The largest absolute Gasteiger partial charge is 0.348 e. The molecule has 2 aliphatic heterocycles. The quantitative estimate of drug-likeness (QED) is 0.914. The monoisotopic (exact) mass is 350 g/mol. The van der Waals surface area contributed by atoms with Crippen molar-refractivity contribution in [2.24, 2.45) is 5.41 Å². The lowest BCUT2D eigenvalue weighted by molar-refractivity contribution is 0.00778. The summed E-state index contributed by atoms with van der Waals surface area (Å²) in [7, 11) is 0. The standard InChI is InChI=1S/C22H30N4/c1-2-4-18(5-3-1)19-14-22(17-26(15-19)20-6-7-20)8-12-25(13-9-22)16-21-23-10-11-24-21/h1-5,10-11,19-20H,6-9,12-17H2,(H,23,24)/t19-/m0/s1. The van der Waals surface area contributed by atoms with E-state index in [0.717, 1.165) is 18.4 Å². The Morgan fingerprint density at radius 3 is 2.62 bits per heavy atom. The fourth-order valence-electron chi connectivity index (χ4n) is 5.24. The number of hydrogen-bond acceptors (Lipinski definition) is 3. The fraction of sp³-hybridized carbons (Fsp3) is 0.591. The highest BCUT2D eigenvalue weighted by molar-refractivity contribution is 5.22. The molecule has 1 saturated carbocycles. The molecular weight excluding hydrogens is 320 g/mol. The Morgan fingerprint density at radius 2 is 1.92 bits per heavy atom. The number of rotatable bonds is 4. The first-order chi connectivity index (χ1) is 12.8. The van der Waals surface area contributed by atoms with E-state index < -0.39 is 0 Å². The van der Waals surface area contributed by atoms with Gasteiger partial charge in [-0.3, -0.25) is 9.80 Å². The summed E-state index contributed by atoms with van der Waals surface area (Å²) in [6.07, 6.45) is 10.7. The van der Waals surface area contributed by atoms with Crippen molar-refractivity contribution in [3.8, 4) is 0 Å². The van der Waals surface area contributed by atoms with Crippen molar-refractivity contribution in [3.63, 3.8) is 0 Å². The van der Waals surface area contributed by atoms with E-state index in [1.165, 1.54) is 58.3 Å². The average Bonchev–Trinajstić information content (AvgIpc) is 3.42. The van der Waals surface area contributed by atoms with Crippen molar-refractivity contribution in [2.75, 3.05) is 26.2 Å². The highest BCUT2D eigenvalue weighted by atomic mass is 15.2. The number of imidazole rings is 1. The van der Waals surface area contributed by atoms with Crippen LogP contribution in [0.25, 0.3) is 0 Å². The fourth-order valence-corrected chi connectivity index (χ4v) is 5.24. The second-order valence-corrected chi connectivity index (χ2v) is 8.78. The van der Waals surface area contributed by atoms with Crippen molar-refractivity contribution in [1.82, 2.24) is 19.8 Å². The van der Waals surface area contributed by atoms with E-state index in [1.807, 2.05) is 12.4 Å². The van der Waals surface area contributed by atoms with E-state index in [2.05, 4.69) is 50.1 Å². The predicted molar refractivity (Wildman–Crippen MR) is 104 cm³/mol.